The number of nitrogens with two attached hydrogens (primary N) is 1. The predicted molar refractivity (Wildman–Crippen MR) is 127 cm³/mol. The van der Waals surface area contributed by atoms with E-state index >= 15 is 0 Å². The highest BCUT2D eigenvalue weighted by Gasteiger charge is 2.38. The van der Waals surface area contributed by atoms with Gasteiger partial charge in [-0.1, -0.05) is 0 Å². The molecule has 15 heteroatoms. The summed E-state index contributed by atoms with van der Waals surface area (Å²) < 4.78 is 31.7. The molecule has 2 heterocycles. The number of likely N-dealkylation sites (tertiary alicyclic amines) is 1. The molecule has 200 valence electrons. The quantitative estimate of drug-likeness (QED) is 0.352. The summed E-state index contributed by atoms with van der Waals surface area (Å²) in [6.45, 7) is 1.81. The maximum atomic E-state index is 12.5. The van der Waals surface area contributed by atoms with Crippen molar-refractivity contribution in [3.63, 3.8) is 0 Å². The van der Waals surface area contributed by atoms with Gasteiger partial charge in [0.2, 0.25) is 11.8 Å². The number of alkyl halides is 3. The Morgan fingerprint density at radius 1 is 1.19 bits per heavy atom. The van der Waals surface area contributed by atoms with Gasteiger partial charge in [-0.2, -0.15) is 23.7 Å². The van der Waals surface area contributed by atoms with Gasteiger partial charge in [-0.3, -0.25) is 20.3 Å². The van der Waals surface area contributed by atoms with E-state index in [0.29, 0.717) is 36.0 Å². The molecule has 37 heavy (non-hydrogen) atoms. The van der Waals surface area contributed by atoms with Crippen LogP contribution in [-0.4, -0.2) is 93.8 Å². The monoisotopic (exact) mass is 541 g/mol. The number of carboxylic acid groups (broad SMARTS) is 1. The van der Waals surface area contributed by atoms with E-state index in [1.54, 1.807) is 45.9 Å². The van der Waals surface area contributed by atoms with Crippen LogP contribution in [0.1, 0.15) is 18.4 Å². The molecule has 0 radical (unpaired) electrons. The van der Waals surface area contributed by atoms with Crippen molar-refractivity contribution in [2.45, 2.75) is 31.1 Å². The van der Waals surface area contributed by atoms with Crippen LogP contribution in [0, 0.1) is 22.7 Å². The number of nitrogens with zero attached hydrogens (tertiary/aromatic N) is 5. The average Bonchev–Trinajstić information content (AvgIpc) is 3.34. The van der Waals surface area contributed by atoms with Crippen molar-refractivity contribution in [3.8, 4) is 12.1 Å². The normalized spacial score (nSPS) is 18.4. The fourth-order valence-corrected chi connectivity index (χ4v) is 4.72. The summed E-state index contributed by atoms with van der Waals surface area (Å²) in [5, 5.41) is 29.5. The second-order valence-corrected chi connectivity index (χ2v) is 9.23. The molecule has 2 aliphatic heterocycles. The van der Waals surface area contributed by atoms with Crippen molar-refractivity contribution in [2.24, 2.45) is 5.84 Å². The first-order valence-electron chi connectivity index (χ1n) is 11.0. The van der Waals surface area contributed by atoms with E-state index in [0.717, 1.165) is 12.8 Å². The van der Waals surface area contributed by atoms with Crippen LogP contribution >= 0.6 is 11.8 Å². The van der Waals surface area contributed by atoms with Gasteiger partial charge in [0.05, 0.1) is 36.7 Å². The molecule has 1 aromatic rings. The Morgan fingerprint density at radius 2 is 1.78 bits per heavy atom. The summed E-state index contributed by atoms with van der Waals surface area (Å²) in [6.07, 6.45) is -3.55. The molecule has 11 nitrogen and oxygen atoms in total. The molecule has 0 bridgehead atoms. The Kier molecular flexibility index (Phi) is 11.1. The number of aliphatic carboxylic acids is 1. The highest BCUT2D eigenvalue weighted by Crippen LogP contribution is 2.21. The van der Waals surface area contributed by atoms with Crippen LogP contribution < -0.4 is 11.2 Å². The van der Waals surface area contributed by atoms with Crippen LogP contribution in [0.2, 0.25) is 0 Å². The van der Waals surface area contributed by atoms with Crippen molar-refractivity contribution in [3.05, 3.63) is 29.8 Å². The molecular formula is C22H26F3N7O4S. The molecule has 3 rings (SSSR count). The number of piperidine rings is 1. The topological polar surface area (TPSA) is 167 Å². The summed E-state index contributed by atoms with van der Waals surface area (Å²) in [7, 11) is 0. The van der Waals surface area contributed by atoms with Crippen molar-refractivity contribution < 1.29 is 32.7 Å². The maximum Gasteiger partial charge on any atom is 0.490 e. The summed E-state index contributed by atoms with van der Waals surface area (Å²) in [5.74, 6) is 4.37. The summed E-state index contributed by atoms with van der Waals surface area (Å²) >= 11 is 1.58. The third kappa shape index (κ3) is 9.55. The van der Waals surface area contributed by atoms with E-state index in [1.165, 1.54) is 0 Å². The van der Waals surface area contributed by atoms with E-state index in [4.69, 9.17) is 26.3 Å². The second kappa shape index (κ2) is 13.8. The van der Waals surface area contributed by atoms with Crippen LogP contribution in [0.4, 0.5) is 18.9 Å². The first kappa shape index (κ1) is 29.9. The van der Waals surface area contributed by atoms with Gasteiger partial charge in [0.15, 0.2) is 0 Å². The van der Waals surface area contributed by atoms with Gasteiger partial charge in [0.25, 0.3) is 0 Å². The first-order valence-corrected chi connectivity index (χ1v) is 12.2. The molecular weight excluding hydrogens is 515 g/mol. The molecule has 0 aliphatic carbocycles. The Labute approximate surface area is 215 Å². The molecule has 2 fully saturated rings. The third-order valence-corrected chi connectivity index (χ3v) is 6.62. The Balaban J connectivity index is 0.000000604. The Hall–Kier alpha value is -3.37. The van der Waals surface area contributed by atoms with E-state index in [-0.39, 0.29) is 37.0 Å². The number of hydrogen-bond acceptors (Lipinski definition) is 9. The zero-order valence-corrected chi connectivity index (χ0v) is 20.5. The third-order valence-electron chi connectivity index (χ3n) is 5.60. The lowest BCUT2D eigenvalue weighted by atomic mass is 10.0. The molecule has 1 aromatic carbocycles. The van der Waals surface area contributed by atoms with Gasteiger partial charge in [-0.15, -0.1) is 11.8 Å². The molecule has 0 saturated carbocycles. The highest BCUT2D eigenvalue weighted by atomic mass is 32.2. The van der Waals surface area contributed by atoms with Gasteiger partial charge >= 0.3 is 12.1 Å². The molecule has 4 N–H and O–H groups in total. The number of halogens is 3. The van der Waals surface area contributed by atoms with Crippen molar-refractivity contribution in [2.75, 3.05) is 43.1 Å². The van der Waals surface area contributed by atoms with Crippen molar-refractivity contribution >= 4 is 35.2 Å². The number of nitriles is 2. The van der Waals surface area contributed by atoms with Gasteiger partial charge in [0.1, 0.15) is 6.04 Å². The van der Waals surface area contributed by atoms with E-state index in [2.05, 4.69) is 16.3 Å². The molecule has 0 spiro atoms. The molecule has 2 amide bonds. The number of benzene rings is 1. The fraction of sp³-hybridized carbons (Fsp3) is 0.500. The summed E-state index contributed by atoms with van der Waals surface area (Å²) in [4.78, 5) is 37.3. The standard InChI is InChI=1S/C20H25N7O2S.C2HF3O2/c21-9-15-1-3-16(4-2-15)24-19(28)11-25-7-5-17(6-8-25)27(23)12-20(29)26-14-30-13-18(26)10-22;3-2(4,5)1(6)7/h1-4,17-18H,5-8,11-14,23H2,(H,24,28);(H,6,7)/t18-;/m1./s1. The van der Waals surface area contributed by atoms with E-state index < -0.39 is 12.1 Å². The number of hydrazine groups is 1. The lowest BCUT2D eigenvalue weighted by Gasteiger charge is -2.36. The predicted octanol–water partition coefficient (Wildman–Crippen LogP) is 1.20. The highest BCUT2D eigenvalue weighted by molar-refractivity contribution is 7.99. The zero-order valence-electron chi connectivity index (χ0n) is 19.6. The largest absolute Gasteiger partial charge is 0.490 e. The number of thioether (sulfide) groups is 1. The van der Waals surface area contributed by atoms with Gasteiger partial charge in [-0.25, -0.2) is 9.80 Å². The minimum atomic E-state index is -5.08. The Bertz CT molecular complexity index is 1030. The van der Waals surface area contributed by atoms with Crippen LogP contribution in [0.25, 0.3) is 0 Å². The van der Waals surface area contributed by atoms with Crippen LogP contribution in [-0.2, 0) is 14.4 Å². The smallest absolute Gasteiger partial charge is 0.475 e. The van der Waals surface area contributed by atoms with Crippen LogP contribution in [0.5, 0.6) is 0 Å². The van der Waals surface area contributed by atoms with E-state index in [1.807, 2.05) is 6.07 Å². The zero-order chi connectivity index (χ0) is 27.6. The Morgan fingerprint density at radius 3 is 2.30 bits per heavy atom. The molecule has 2 aliphatic rings. The van der Waals surface area contributed by atoms with Crippen LogP contribution in [0.15, 0.2) is 24.3 Å². The number of carboxylic acids is 1. The van der Waals surface area contributed by atoms with Crippen LogP contribution in [0.3, 0.4) is 0 Å². The molecule has 0 unspecified atom stereocenters. The minimum Gasteiger partial charge on any atom is -0.475 e. The van der Waals surface area contributed by atoms with Crippen molar-refractivity contribution in [1.29, 1.82) is 10.5 Å². The molecule has 1 atom stereocenters. The number of amides is 2. The molecule has 2 saturated heterocycles. The number of hydrogen-bond donors (Lipinski definition) is 3. The fourth-order valence-electron chi connectivity index (χ4n) is 3.61. The summed E-state index contributed by atoms with van der Waals surface area (Å²) in [6, 6.07) is 10.7. The lowest BCUT2D eigenvalue weighted by Crippen LogP contribution is -2.53. The lowest BCUT2D eigenvalue weighted by molar-refractivity contribution is -0.192. The number of anilines is 1. The number of rotatable bonds is 6. The van der Waals surface area contributed by atoms with E-state index in [9.17, 15) is 22.8 Å². The second-order valence-electron chi connectivity index (χ2n) is 8.23. The number of nitrogens with one attached hydrogen (secondary N) is 1. The van der Waals surface area contributed by atoms with Crippen molar-refractivity contribution in [1.82, 2.24) is 14.8 Å². The molecule has 0 aromatic heterocycles. The maximum absolute atomic E-state index is 12.5. The number of carbonyl (C=O) groups excluding carboxylic acids is 2. The first-order chi connectivity index (χ1) is 17.4. The van der Waals surface area contributed by atoms with Gasteiger partial charge in [-0.05, 0) is 37.1 Å². The van der Waals surface area contributed by atoms with Gasteiger partial charge in [0, 0.05) is 30.6 Å². The summed E-state index contributed by atoms with van der Waals surface area (Å²) in [5.41, 5.74) is 1.21. The minimum absolute atomic E-state index is 0.0718. The SMILES string of the molecule is N#Cc1ccc(NC(=O)CN2CCC(N(N)CC(=O)N3CSC[C@H]3C#N)CC2)cc1.O=C(O)C(F)(F)F. The van der Waals surface area contributed by atoms with Gasteiger partial charge < -0.3 is 15.3 Å². The number of carbonyl (C=O) groups is 3. The average molecular weight is 542 g/mol.